The molecule has 40 heavy (non-hydrogen) atoms. The average molecular weight is 567 g/mol. The lowest BCUT2D eigenvalue weighted by Gasteiger charge is -2.24. The predicted molar refractivity (Wildman–Crippen MR) is 149 cm³/mol. The van der Waals surface area contributed by atoms with Crippen LogP contribution in [0.2, 0.25) is 0 Å². The molecule has 0 spiro atoms. The molecule has 1 N–H and O–H groups in total. The van der Waals surface area contributed by atoms with Crippen molar-refractivity contribution in [3.63, 3.8) is 0 Å². The fourth-order valence-corrected chi connectivity index (χ4v) is 5.37. The second kappa shape index (κ2) is 12.2. The van der Waals surface area contributed by atoms with Gasteiger partial charge in [-0.05, 0) is 43.2 Å². The van der Waals surface area contributed by atoms with E-state index in [4.69, 9.17) is 18.9 Å². The molecule has 10 nitrogen and oxygen atoms in total. The second-order valence-electron chi connectivity index (χ2n) is 8.92. The number of aryl methyl sites for hydroxylation is 1. The number of anilines is 1. The van der Waals surface area contributed by atoms with Crippen LogP contribution in [0.25, 0.3) is 5.76 Å². The van der Waals surface area contributed by atoms with Crippen molar-refractivity contribution in [1.82, 2.24) is 4.98 Å². The highest BCUT2D eigenvalue weighted by Crippen LogP contribution is 2.45. The van der Waals surface area contributed by atoms with Crippen molar-refractivity contribution in [3.05, 3.63) is 69.7 Å². The number of aromatic nitrogens is 1. The number of ether oxygens (including phenoxy) is 4. The number of aliphatic hydroxyl groups is 1. The van der Waals surface area contributed by atoms with E-state index in [1.165, 1.54) is 26.2 Å². The van der Waals surface area contributed by atoms with Crippen LogP contribution in [0.4, 0.5) is 5.13 Å². The van der Waals surface area contributed by atoms with E-state index in [0.29, 0.717) is 40.7 Å². The Bertz CT molecular complexity index is 1480. The molecule has 3 aromatic rings. The number of carbonyl (C=O) groups is 3. The molecule has 1 aliphatic heterocycles. The van der Waals surface area contributed by atoms with Gasteiger partial charge in [-0.1, -0.05) is 42.9 Å². The number of carbonyl (C=O) groups excluding carboxylic acids is 3. The van der Waals surface area contributed by atoms with Crippen LogP contribution < -0.4 is 19.1 Å². The van der Waals surface area contributed by atoms with E-state index in [0.717, 1.165) is 24.2 Å². The molecule has 2 aromatic carbocycles. The number of hydrogen-bond acceptors (Lipinski definition) is 10. The van der Waals surface area contributed by atoms with Crippen LogP contribution in [0.1, 0.15) is 52.3 Å². The Hall–Kier alpha value is -4.38. The minimum absolute atomic E-state index is 0.107. The fourth-order valence-electron chi connectivity index (χ4n) is 4.36. The zero-order valence-corrected chi connectivity index (χ0v) is 23.7. The van der Waals surface area contributed by atoms with Crippen LogP contribution in [0.3, 0.4) is 0 Å². The molecule has 1 aliphatic rings. The summed E-state index contributed by atoms with van der Waals surface area (Å²) in [5.41, 5.74) is 0.969. The summed E-state index contributed by atoms with van der Waals surface area (Å²) in [5.74, 6) is -1.46. The molecule has 11 heteroatoms. The summed E-state index contributed by atoms with van der Waals surface area (Å²) in [6, 6.07) is 10.6. The Morgan fingerprint density at radius 1 is 1.07 bits per heavy atom. The van der Waals surface area contributed by atoms with E-state index in [9.17, 15) is 19.5 Å². The smallest absolute Gasteiger partial charge is 0.350 e. The van der Waals surface area contributed by atoms with Gasteiger partial charge in [0.05, 0.1) is 45.2 Å². The fraction of sp³-hybridized carbons (Fsp3) is 0.310. The van der Waals surface area contributed by atoms with E-state index in [1.807, 2.05) is 0 Å². The summed E-state index contributed by atoms with van der Waals surface area (Å²) < 4.78 is 21.4. The van der Waals surface area contributed by atoms with Gasteiger partial charge in [0.2, 0.25) is 0 Å². The number of esters is 1. The molecule has 210 valence electrons. The van der Waals surface area contributed by atoms with Crippen molar-refractivity contribution in [2.45, 2.75) is 32.7 Å². The van der Waals surface area contributed by atoms with Gasteiger partial charge in [-0.2, -0.15) is 0 Å². The first kappa shape index (κ1) is 28.6. The first-order chi connectivity index (χ1) is 19.2. The Labute approximate surface area is 235 Å². The molecule has 1 saturated heterocycles. The van der Waals surface area contributed by atoms with Crippen LogP contribution in [-0.2, 0) is 14.3 Å². The number of methoxy groups -OCH3 is 3. The van der Waals surface area contributed by atoms with Gasteiger partial charge in [0, 0.05) is 5.56 Å². The largest absolute Gasteiger partial charge is 0.507 e. The number of thiazole rings is 1. The molecule has 1 amide bonds. The van der Waals surface area contributed by atoms with Crippen LogP contribution in [0.5, 0.6) is 17.2 Å². The van der Waals surface area contributed by atoms with Crippen molar-refractivity contribution in [2.24, 2.45) is 0 Å². The van der Waals surface area contributed by atoms with E-state index in [2.05, 4.69) is 11.9 Å². The van der Waals surface area contributed by atoms with Gasteiger partial charge < -0.3 is 24.1 Å². The number of Topliss-reactive ketones (excluding diaryl/α,β-unsaturated/α-hetero) is 1. The third-order valence-corrected chi connectivity index (χ3v) is 7.54. The van der Waals surface area contributed by atoms with E-state index >= 15 is 0 Å². The normalized spacial score (nSPS) is 16.2. The summed E-state index contributed by atoms with van der Waals surface area (Å²) in [6.45, 7) is 4.16. The molecule has 0 saturated carbocycles. The van der Waals surface area contributed by atoms with Gasteiger partial charge in [-0.25, -0.2) is 9.78 Å². The maximum Gasteiger partial charge on any atom is 0.350 e. The van der Waals surface area contributed by atoms with Crippen molar-refractivity contribution < 1.29 is 38.4 Å². The Morgan fingerprint density at radius 2 is 1.82 bits per heavy atom. The molecule has 4 rings (SSSR count). The quantitative estimate of drug-likeness (QED) is 0.118. The minimum atomic E-state index is -1.08. The molecule has 1 unspecified atom stereocenters. The first-order valence-electron chi connectivity index (χ1n) is 12.6. The number of aliphatic hydroxyl groups excluding tert-OH is 1. The van der Waals surface area contributed by atoms with Crippen molar-refractivity contribution in [3.8, 4) is 17.2 Å². The van der Waals surface area contributed by atoms with Crippen LogP contribution in [0, 0.1) is 6.92 Å². The summed E-state index contributed by atoms with van der Waals surface area (Å²) in [5, 5.41) is 11.6. The monoisotopic (exact) mass is 566 g/mol. The zero-order valence-electron chi connectivity index (χ0n) is 22.8. The number of hydrogen-bond donors (Lipinski definition) is 1. The molecule has 1 fully saturated rings. The number of amides is 1. The van der Waals surface area contributed by atoms with Crippen LogP contribution >= 0.6 is 11.3 Å². The maximum atomic E-state index is 13.5. The third-order valence-electron chi connectivity index (χ3n) is 6.40. The topological polar surface area (TPSA) is 124 Å². The number of rotatable bonds is 10. The molecular formula is C29H30N2O8S. The molecule has 0 bridgehead atoms. The lowest BCUT2D eigenvalue weighted by Crippen LogP contribution is -2.29. The lowest BCUT2D eigenvalue weighted by atomic mass is 9.95. The van der Waals surface area contributed by atoms with E-state index in [1.54, 1.807) is 49.4 Å². The Balaban J connectivity index is 1.91. The molecule has 0 radical (unpaired) electrons. The number of ketones is 1. The number of unbranched alkanes of at least 4 members (excludes halogenated alkanes) is 1. The van der Waals surface area contributed by atoms with Gasteiger partial charge >= 0.3 is 11.9 Å². The van der Waals surface area contributed by atoms with Crippen molar-refractivity contribution >= 4 is 39.9 Å². The van der Waals surface area contributed by atoms with Crippen molar-refractivity contribution in [1.29, 1.82) is 0 Å². The van der Waals surface area contributed by atoms with Gasteiger partial charge in [-0.15, -0.1) is 0 Å². The van der Waals surface area contributed by atoms with Crippen LogP contribution in [0.15, 0.2) is 48.0 Å². The third kappa shape index (κ3) is 5.37. The van der Waals surface area contributed by atoms with Gasteiger partial charge in [-0.3, -0.25) is 14.5 Å². The van der Waals surface area contributed by atoms with E-state index < -0.39 is 23.7 Å². The number of benzene rings is 2. The van der Waals surface area contributed by atoms with Gasteiger partial charge in [0.1, 0.15) is 16.4 Å². The predicted octanol–water partition coefficient (Wildman–Crippen LogP) is 5.06. The van der Waals surface area contributed by atoms with Gasteiger partial charge in [0.25, 0.3) is 5.78 Å². The SMILES string of the molecule is CCCCOc1cccc(C(O)=C2C(=O)C(=O)N(c3nc(C)c(C(=O)OC)s3)C2c2ccc(OC)c(OC)c2)c1. The highest BCUT2D eigenvalue weighted by molar-refractivity contribution is 7.17. The summed E-state index contributed by atoms with van der Waals surface area (Å²) in [7, 11) is 4.21. The number of nitrogens with zero attached hydrogens (tertiary/aromatic N) is 2. The zero-order chi connectivity index (χ0) is 29.0. The maximum absolute atomic E-state index is 13.5. The highest BCUT2D eigenvalue weighted by Gasteiger charge is 2.48. The molecule has 1 atom stereocenters. The second-order valence-corrected chi connectivity index (χ2v) is 9.89. The van der Waals surface area contributed by atoms with Gasteiger partial charge in [0.15, 0.2) is 16.6 Å². The molecule has 1 aromatic heterocycles. The minimum Gasteiger partial charge on any atom is -0.507 e. The Kier molecular flexibility index (Phi) is 8.73. The summed E-state index contributed by atoms with van der Waals surface area (Å²) >= 11 is 0.922. The Morgan fingerprint density at radius 3 is 2.50 bits per heavy atom. The highest BCUT2D eigenvalue weighted by atomic mass is 32.1. The standard InChI is InChI=1S/C29H30N2O8S/c1-6-7-13-39-19-10-8-9-18(14-19)24(32)22-23(17-11-12-20(36-3)21(15-17)37-4)31(27(34)25(22)33)29-30-16(2)26(40-29)28(35)38-5/h8-12,14-15,23,32H,6-7,13H2,1-5H3. The van der Waals surface area contributed by atoms with Crippen molar-refractivity contribution in [2.75, 3.05) is 32.8 Å². The van der Waals surface area contributed by atoms with E-state index in [-0.39, 0.29) is 21.3 Å². The molecule has 2 heterocycles. The van der Waals surface area contributed by atoms with Crippen LogP contribution in [-0.4, -0.2) is 55.7 Å². The average Bonchev–Trinajstić information content (AvgIpc) is 3.48. The summed E-state index contributed by atoms with van der Waals surface area (Å²) in [4.78, 5) is 45.1. The lowest BCUT2D eigenvalue weighted by molar-refractivity contribution is -0.132. The molecule has 0 aliphatic carbocycles. The molecular weight excluding hydrogens is 536 g/mol. The summed E-state index contributed by atoms with van der Waals surface area (Å²) in [6.07, 6.45) is 1.82. The first-order valence-corrected chi connectivity index (χ1v) is 13.4.